The van der Waals surface area contributed by atoms with Crippen LogP contribution in [0.1, 0.15) is 67.7 Å². The number of hydrogen-bond donors (Lipinski definition) is 2. The van der Waals surface area contributed by atoms with Gasteiger partial charge in [-0.25, -0.2) is 0 Å². The Hall–Kier alpha value is -2.34. The first-order valence-electron chi connectivity index (χ1n) is 11.4. The average molecular weight is 412 g/mol. The second-order valence-corrected chi connectivity index (χ2v) is 7.98. The Bertz CT molecular complexity index is 784. The summed E-state index contributed by atoms with van der Waals surface area (Å²) in [6, 6.07) is 8.75. The fourth-order valence-electron chi connectivity index (χ4n) is 4.13. The van der Waals surface area contributed by atoms with Crippen LogP contribution < -0.4 is 10.6 Å². The van der Waals surface area contributed by atoms with E-state index >= 15 is 0 Å². The Labute approximate surface area is 181 Å². The van der Waals surface area contributed by atoms with E-state index in [4.69, 9.17) is 4.52 Å². The molecule has 0 unspecified atom stereocenters. The summed E-state index contributed by atoms with van der Waals surface area (Å²) in [5, 5.41) is 11.1. The predicted molar refractivity (Wildman–Crippen MR) is 122 cm³/mol. The molecule has 0 saturated carbocycles. The largest absolute Gasteiger partial charge is 0.361 e. The van der Waals surface area contributed by atoms with Gasteiger partial charge in [-0.1, -0.05) is 56.1 Å². The average Bonchev–Trinajstić information content (AvgIpc) is 3.00. The Kier molecular flexibility index (Phi) is 8.75. The lowest BCUT2D eigenvalue weighted by Gasteiger charge is -2.22. The number of nitrogens with zero attached hydrogens (tertiary/aromatic N) is 3. The summed E-state index contributed by atoms with van der Waals surface area (Å²) in [4.78, 5) is 7.00. The highest BCUT2D eigenvalue weighted by Gasteiger charge is 2.14. The number of aliphatic imine (C=N–C) groups is 1. The number of benzene rings is 1. The van der Waals surface area contributed by atoms with Crippen LogP contribution in [0.5, 0.6) is 0 Å². The van der Waals surface area contributed by atoms with Crippen molar-refractivity contribution < 1.29 is 4.52 Å². The molecule has 1 aromatic carbocycles. The van der Waals surface area contributed by atoms with E-state index in [1.807, 2.05) is 7.05 Å². The van der Waals surface area contributed by atoms with E-state index in [0.717, 1.165) is 48.9 Å². The molecule has 2 N–H and O–H groups in total. The van der Waals surface area contributed by atoms with E-state index in [0.29, 0.717) is 6.54 Å². The minimum absolute atomic E-state index is 0.672. The number of aryl methyl sites for hydroxylation is 2. The highest BCUT2D eigenvalue weighted by molar-refractivity contribution is 5.79. The summed E-state index contributed by atoms with van der Waals surface area (Å²) in [5.74, 6) is 1.75. The van der Waals surface area contributed by atoms with Gasteiger partial charge in [-0.3, -0.25) is 9.89 Å². The minimum Gasteiger partial charge on any atom is -0.361 e. The highest BCUT2D eigenvalue weighted by Crippen LogP contribution is 2.17. The second-order valence-electron chi connectivity index (χ2n) is 7.98. The van der Waals surface area contributed by atoms with Crippen molar-refractivity contribution in [2.75, 3.05) is 20.1 Å². The van der Waals surface area contributed by atoms with Crippen molar-refractivity contribution in [3.05, 3.63) is 52.4 Å². The zero-order valence-electron chi connectivity index (χ0n) is 18.8. The molecule has 2 aromatic rings. The number of nitrogens with one attached hydrogen (secondary N) is 2. The molecule has 3 rings (SSSR count). The third kappa shape index (κ3) is 6.08. The number of hydrogen-bond acceptors (Lipinski definition) is 4. The highest BCUT2D eigenvalue weighted by atomic mass is 16.5. The van der Waals surface area contributed by atoms with Gasteiger partial charge in [0.05, 0.1) is 5.69 Å². The van der Waals surface area contributed by atoms with Gasteiger partial charge in [0.1, 0.15) is 5.76 Å². The normalized spacial score (nSPS) is 15.8. The van der Waals surface area contributed by atoms with Crippen molar-refractivity contribution in [1.82, 2.24) is 20.7 Å². The summed E-state index contributed by atoms with van der Waals surface area (Å²) in [6.45, 7) is 9.09. The zero-order chi connectivity index (χ0) is 21.2. The summed E-state index contributed by atoms with van der Waals surface area (Å²) < 4.78 is 5.47. The Morgan fingerprint density at radius 2 is 1.70 bits per heavy atom. The van der Waals surface area contributed by atoms with Gasteiger partial charge in [0.15, 0.2) is 5.96 Å². The van der Waals surface area contributed by atoms with E-state index in [9.17, 15) is 0 Å². The van der Waals surface area contributed by atoms with Gasteiger partial charge in [0, 0.05) is 38.7 Å². The first kappa shape index (κ1) is 22.3. The molecule has 0 atom stereocenters. The molecule has 1 aromatic heterocycles. The Balaban J connectivity index is 1.58. The summed E-state index contributed by atoms with van der Waals surface area (Å²) in [6.07, 6.45) is 7.09. The number of guanidine groups is 1. The molecule has 0 bridgehead atoms. The molecule has 0 aliphatic carbocycles. The lowest BCUT2D eigenvalue weighted by atomic mass is 10.1. The van der Waals surface area contributed by atoms with Crippen molar-refractivity contribution in [2.45, 2.75) is 72.0 Å². The zero-order valence-corrected chi connectivity index (χ0v) is 18.8. The van der Waals surface area contributed by atoms with Crippen LogP contribution >= 0.6 is 0 Å². The lowest BCUT2D eigenvalue weighted by molar-refractivity contribution is 0.276. The monoisotopic (exact) mass is 411 g/mol. The minimum atomic E-state index is 0.672. The molecule has 2 heterocycles. The third-order valence-electron chi connectivity index (χ3n) is 5.92. The Morgan fingerprint density at radius 1 is 1.00 bits per heavy atom. The molecule has 1 aliphatic rings. The van der Waals surface area contributed by atoms with Crippen LogP contribution in [0.3, 0.4) is 0 Å². The van der Waals surface area contributed by atoms with Crippen molar-refractivity contribution in [3.63, 3.8) is 0 Å². The van der Waals surface area contributed by atoms with Crippen LogP contribution in [0, 0.1) is 0 Å². The maximum atomic E-state index is 5.47. The SMILES string of the molecule is CCc1noc(CC)c1CNC(=NC)NCc1ccccc1CN1CCCCCC1. The summed E-state index contributed by atoms with van der Waals surface area (Å²) in [5.41, 5.74) is 4.92. The maximum absolute atomic E-state index is 5.47. The molecule has 0 radical (unpaired) electrons. The molecule has 1 saturated heterocycles. The summed E-state index contributed by atoms with van der Waals surface area (Å²) in [7, 11) is 1.81. The van der Waals surface area contributed by atoms with Crippen LogP contribution in [0.4, 0.5) is 0 Å². The van der Waals surface area contributed by atoms with Crippen molar-refractivity contribution >= 4 is 5.96 Å². The van der Waals surface area contributed by atoms with Crippen LogP contribution in [0.15, 0.2) is 33.8 Å². The maximum Gasteiger partial charge on any atom is 0.191 e. The number of likely N-dealkylation sites (tertiary alicyclic amines) is 1. The Morgan fingerprint density at radius 3 is 2.37 bits per heavy atom. The van der Waals surface area contributed by atoms with Crippen LogP contribution in [-0.2, 0) is 32.5 Å². The van der Waals surface area contributed by atoms with E-state index in [1.165, 1.54) is 49.9 Å². The second kappa shape index (κ2) is 11.7. The lowest BCUT2D eigenvalue weighted by Crippen LogP contribution is -2.37. The third-order valence-corrected chi connectivity index (χ3v) is 5.92. The molecule has 0 spiro atoms. The topological polar surface area (TPSA) is 65.7 Å². The first-order valence-corrected chi connectivity index (χ1v) is 11.4. The van der Waals surface area contributed by atoms with E-state index in [-0.39, 0.29) is 0 Å². The van der Waals surface area contributed by atoms with Gasteiger partial charge in [-0.05, 0) is 43.5 Å². The number of aromatic nitrogens is 1. The van der Waals surface area contributed by atoms with Crippen molar-refractivity contribution in [3.8, 4) is 0 Å². The summed E-state index contributed by atoms with van der Waals surface area (Å²) >= 11 is 0. The van der Waals surface area contributed by atoms with Gasteiger partial charge in [0.2, 0.25) is 0 Å². The molecular formula is C24H37N5O. The molecule has 30 heavy (non-hydrogen) atoms. The standard InChI is InChI=1S/C24H37N5O/c1-4-22-21(23(5-2)30-28-22)17-27-24(25-3)26-16-19-12-8-9-13-20(19)18-29-14-10-6-7-11-15-29/h8-9,12-13H,4-7,10-11,14-18H2,1-3H3,(H2,25,26,27). The first-order chi connectivity index (χ1) is 14.7. The molecule has 0 amide bonds. The van der Waals surface area contributed by atoms with Crippen LogP contribution in [-0.4, -0.2) is 36.2 Å². The molecule has 1 fully saturated rings. The van der Waals surface area contributed by atoms with Crippen molar-refractivity contribution in [2.24, 2.45) is 4.99 Å². The van der Waals surface area contributed by atoms with Gasteiger partial charge in [0.25, 0.3) is 0 Å². The van der Waals surface area contributed by atoms with E-state index < -0.39 is 0 Å². The number of rotatable bonds is 8. The smallest absolute Gasteiger partial charge is 0.191 e. The molecular weight excluding hydrogens is 374 g/mol. The van der Waals surface area contributed by atoms with Crippen LogP contribution in [0.2, 0.25) is 0 Å². The van der Waals surface area contributed by atoms with Gasteiger partial charge in [-0.15, -0.1) is 0 Å². The van der Waals surface area contributed by atoms with Crippen LogP contribution in [0.25, 0.3) is 0 Å². The van der Waals surface area contributed by atoms with E-state index in [1.54, 1.807) is 0 Å². The van der Waals surface area contributed by atoms with Crippen molar-refractivity contribution in [1.29, 1.82) is 0 Å². The molecule has 164 valence electrons. The molecule has 6 nitrogen and oxygen atoms in total. The fraction of sp³-hybridized carbons (Fsp3) is 0.583. The quantitative estimate of drug-likeness (QED) is 0.507. The predicted octanol–water partition coefficient (Wildman–Crippen LogP) is 4.04. The van der Waals surface area contributed by atoms with Gasteiger partial charge >= 0.3 is 0 Å². The van der Waals surface area contributed by atoms with E-state index in [2.05, 4.69) is 63.8 Å². The van der Waals surface area contributed by atoms with Gasteiger partial charge in [-0.2, -0.15) is 0 Å². The molecule has 1 aliphatic heterocycles. The fourth-order valence-corrected chi connectivity index (χ4v) is 4.13. The molecule has 6 heteroatoms. The van der Waals surface area contributed by atoms with Gasteiger partial charge < -0.3 is 15.2 Å².